The molecule has 1 aromatic carbocycles. The summed E-state index contributed by atoms with van der Waals surface area (Å²) >= 11 is 6.28. The van der Waals surface area contributed by atoms with E-state index in [1.807, 2.05) is 38.1 Å². The van der Waals surface area contributed by atoms with E-state index in [9.17, 15) is 9.59 Å². The molecule has 23 heavy (non-hydrogen) atoms. The van der Waals surface area contributed by atoms with Gasteiger partial charge in [0.05, 0.1) is 6.04 Å². The van der Waals surface area contributed by atoms with Gasteiger partial charge in [0, 0.05) is 18.6 Å². The molecule has 6 heteroatoms. The Morgan fingerprint density at radius 3 is 2.61 bits per heavy atom. The van der Waals surface area contributed by atoms with Gasteiger partial charge in [0.15, 0.2) is 0 Å². The summed E-state index contributed by atoms with van der Waals surface area (Å²) in [5.41, 5.74) is 0.896. The average Bonchev–Trinajstić information content (AvgIpc) is 3.02. The molecule has 0 unspecified atom stereocenters. The third kappa shape index (κ3) is 3.96. The second-order valence-electron chi connectivity index (χ2n) is 6.16. The summed E-state index contributed by atoms with van der Waals surface area (Å²) in [6.45, 7) is 4.67. The number of hydrogen-bond donors (Lipinski definition) is 2. The first-order chi connectivity index (χ1) is 11.0. The molecule has 1 fully saturated rings. The zero-order valence-corrected chi connectivity index (χ0v) is 14.6. The number of urea groups is 1. The van der Waals surface area contributed by atoms with Gasteiger partial charge in [0.1, 0.15) is 6.04 Å². The highest BCUT2D eigenvalue weighted by atomic mass is 35.5. The Bertz CT molecular complexity index is 577. The minimum Gasteiger partial charge on any atom is -0.357 e. The van der Waals surface area contributed by atoms with E-state index >= 15 is 0 Å². The van der Waals surface area contributed by atoms with Gasteiger partial charge in [-0.15, -0.1) is 0 Å². The minimum atomic E-state index is -0.390. The largest absolute Gasteiger partial charge is 0.357 e. The maximum Gasteiger partial charge on any atom is 0.318 e. The lowest BCUT2D eigenvalue weighted by Gasteiger charge is -2.29. The monoisotopic (exact) mass is 337 g/mol. The smallest absolute Gasteiger partial charge is 0.318 e. The van der Waals surface area contributed by atoms with Crippen LogP contribution in [-0.2, 0) is 4.79 Å². The van der Waals surface area contributed by atoms with Gasteiger partial charge in [0.25, 0.3) is 0 Å². The van der Waals surface area contributed by atoms with Crippen LogP contribution in [0.5, 0.6) is 0 Å². The fourth-order valence-electron chi connectivity index (χ4n) is 3.00. The molecule has 1 saturated heterocycles. The zero-order valence-electron chi connectivity index (χ0n) is 13.8. The molecular formula is C17H24ClN3O2. The molecule has 2 rings (SSSR count). The highest BCUT2D eigenvalue weighted by molar-refractivity contribution is 6.31. The predicted octanol–water partition coefficient (Wildman–Crippen LogP) is 2.96. The van der Waals surface area contributed by atoms with E-state index in [0.717, 1.165) is 12.0 Å². The number of carbonyl (C=O) groups is 2. The molecule has 1 heterocycles. The van der Waals surface area contributed by atoms with Crippen LogP contribution in [0.15, 0.2) is 24.3 Å². The Hall–Kier alpha value is -1.75. The molecular weight excluding hydrogens is 314 g/mol. The molecule has 0 aromatic heterocycles. The summed E-state index contributed by atoms with van der Waals surface area (Å²) < 4.78 is 0. The molecule has 5 nitrogen and oxygen atoms in total. The molecule has 3 amide bonds. The molecule has 0 bridgehead atoms. The number of carbonyl (C=O) groups excluding carboxylic acids is 2. The van der Waals surface area contributed by atoms with Crippen molar-refractivity contribution in [2.75, 3.05) is 13.6 Å². The van der Waals surface area contributed by atoms with Crippen LogP contribution in [0.25, 0.3) is 0 Å². The summed E-state index contributed by atoms with van der Waals surface area (Å²) in [7, 11) is 1.59. The summed E-state index contributed by atoms with van der Waals surface area (Å²) in [6.07, 6.45) is 1.54. The lowest BCUT2D eigenvalue weighted by atomic mass is 9.96. The van der Waals surface area contributed by atoms with E-state index in [2.05, 4.69) is 10.6 Å². The summed E-state index contributed by atoms with van der Waals surface area (Å²) in [5, 5.41) is 6.31. The highest BCUT2D eigenvalue weighted by Crippen LogP contribution is 2.29. The lowest BCUT2D eigenvalue weighted by molar-refractivity contribution is -0.124. The second-order valence-corrected chi connectivity index (χ2v) is 6.57. The number of likely N-dealkylation sites (N-methyl/N-ethyl adjacent to an activating group) is 1. The van der Waals surface area contributed by atoms with Gasteiger partial charge >= 0.3 is 6.03 Å². The number of hydrogen-bond acceptors (Lipinski definition) is 2. The van der Waals surface area contributed by atoms with E-state index in [1.165, 1.54) is 0 Å². The molecule has 1 aliphatic heterocycles. The molecule has 0 radical (unpaired) electrons. The first-order valence-electron chi connectivity index (χ1n) is 7.98. The molecule has 2 atom stereocenters. The second kappa shape index (κ2) is 7.68. The summed E-state index contributed by atoms with van der Waals surface area (Å²) in [6, 6.07) is 6.73. The van der Waals surface area contributed by atoms with Crippen LogP contribution >= 0.6 is 11.6 Å². The van der Waals surface area contributed by atoms with Gasteiger partial charge in [0.2, 0.25) is 5.91 Å². The van der Waals surface area contributed by atoms with Gasteiger partial charge < -0.3 is 15.5 Å². The van der Waals surface area contributed by atoms with Gasteiger partial charge in [-0.05, 0) is 30.4 Å². The summed E-state index contributed by atoms with van der Waals surface area (Å²) in [4.78, 5) is 26.2. The minimum absolute atomic E-state index is 0.114. The normalized spacial score (nSPS) is 18.8. The number of likely N-dealkylation sites (tertiary alicyclic amines) is 1. The maximum absolute atomic E-state index is 12.7. The number of nitrogens with one attached hydrogen (secondary N) is 2. The number of benzene rings is 1. The van der Waals surface area contributed by atoms with E-state index in [4.69, 9.17) is 11.6 Å². The van der Waals surface area contributed by atoms with Crippen LogP contribution < -0.4 is 10.6 Å². The van der Waals surface area contributed by atoms with Crippen LogP contribution in [0, 0.1) is 5.92 Å². The molecule has 0 saturated carbocycles. The molecule has 126 valence electrons. The third-order valence-corrected chi connectivity index (χ3v) is 4.59. The molecule has 1 aromatic rings. The fraction of sp³-hybridized carbons (Fsp3) is 0.529. The van der Waals surface area contributed by atoms with Gasteiger partial charge in [-0.1, -0.05) is 43.6 Å². The SMILES string of the molecule is CNC(=O)[C@@H]1CCCN1C(=O)N[C@H](c1ccccc1Cl)C(C)C. The van der Waals surface area contributed by atoms with Gasteiger partial charge in [-0.2, -0.15) is 0 Å². The van der Waals surface area contributed by atoms with Crippen LogP contribution in [0.3, 0.4) is 0 Å². The van der Waals surface area contributed by atoms with Crippen LogP contribution in [0.1, 0.15) is 38.3 Å². The Morgan fingerprint density at radius 2 is 2.00 bits per heavy atom. The Balaban J connectivity index is 2.16. The van der Waals surface area contributed by atoms with Crippen LogP contribution in [0.2, 0.25) is 5.02 Å². The van der Waals surface area contributed by atoms with Crippen molar-refractivity contribution >= 4 is 23.5 Å². The number of nitrogens with zero attached hydrogens (tertiary/aromatic N) is 1. The van der Waals surface area contributed by atoms with E-state index in [1.54, 1.807) is 11.9 Å². The number of halogens is 1. The number of rotatable bonds is 4. The summed E-state index contributed by atoms with van der Waals surface area (Å²) in [5.74, 6) is 0.0661. The van der Waals surface area contributed by atoms with Crippen molar-refractivity contribution in [3.8, 4) is 0 Å². The molecule has 0 spiro atoms. The fourth-order valence-corrected chi connectivity index (χ4v) is 3.25. The standard InChI is InChI=1S/C17H24ClN3O2/c1-11(2)15(12-7-4-5-8-13(12)18)20-17(23)21-10-6-9-14(21)16(22)19-3/h4-5,7-8,11,14-15H,6,9-10H2,1-3H3,(H,19,22)(H,20,23)/t14-,15-/m0/s1. The van der Waals surface area contributed by atoms with Crippen molar-refractivity contribution in [2.45, 2.75) is 38.8 Å². The maximum atomic E-state index is 12.7. The van der Waals surface area contributed by atoms with Crippen LogP contribution in [-0.4, -0.2) is 36.5 Å². The number of amides is 3. The van der Waals surface area contributed by atoms with Gasteiger partial charge in [-0.25, -0.2) is 4.79 Å². The molecule has 2 N–H and O–H groups in total. The zero-order chi connectivity index (χ0) is 17.0. The predicted molar refractivity (Wildman–Crippen MR) is 91.4 cm³/mol. The highest BCUT2D eigenvalue weighted by Gasteiger charge is 2.35. The lowest BCUT2D eigenvalue weighted by Crippen LogP contribution is -2.50. The van der Waals surface area contributed by atoms with Crippen molar-refractivity contribution in [2.24, 2.45) is 5.92 Å². The first-order valence-corrected chi connectivity index (χ1v) is 8.36. The Morgan fingerprint density at radius 1 is 1.30 bits per heavy atom. The van der Waals surface area contributed by atoms with Gasteiger partial charge in [-0.3, -0.25) is 4.79 Å². The third-order valence-electron chi connectivity index (χ3n) is 4.25. The van der Waals surface area contributed by atoms with Crippen molar-refractivity contribution in [3.05, 3.63) is 34.9 Å². The quantitative estimate of drug-likeness (QED) is 0.887. The first kappa shape index (κ1) is 17.6. The van der Waals surface area contributed by atoms with Crippen molar-refractivity contribution in [1.29, 1.82) is 0 Å². The Kier molecular flexibility index (Phi) is 5.88. The van der Waals surface area contributed by atoms with E-state index in [0.29, 0.717) is 18.0 Å². The van der Waals surface area contributed by atoms with Crippen molar-refractivity contribution in [1.82, 2.24) is 15.5 Å². The Labute approximate surface area is 142 Å². The van der Waals surface area contributed by atoms with Crippen LogP contribution in [0.4, 0.5) is 4.79 Å². The van der Waals surface area contributed by atoms with E-state index < -0.39 is 0 Å². The topological polar surface area (TPSA) is 61.4 Å². The van der Waals surface area contributed by atoms with E-state index in [-0.39, 0.29) is 29.9 Å². The van der Waals surface area contributed by atoms with Crippen molar-refractivity contribution in [3.63, 3.8) is 0 Å². The average molecular weight is 338 g/mol. The molecule has 1 aliphatic rings. The molecule has 0 aliphatic carbocycles. The van der Waals surface area contributed by atoms with Crippen molar-refractivity contribution < 1.29 is 9.59 Å².